The third kappa shape index (κ3) is 5.00. The van der Waals surface area contributed by atoms with Gasteiger partial charge in [0, 0.05) is 38.3 Å². The minimum Gasteiger partial charge on any atom is -0.450 e. The summed E-state index contributed by atoms with van der Waals surface area (Å²) < 4.78 is 28.5. The third-order valence-electron chi connectivity index (χ3n) is 5.14. The van der Waals surface area contributed by atoms with Crippen LogP contribution in [0.15, 0.2) is 12.4 Å². The van der Waals surface area contributed by atoms with Crippen LogP contribution in [0.4, 0.5) is 16.4 Å². The molecule has 1 N–H and O–H groups in total. The molecular formula is C17H27N5O4S. The van der Waals surface area contributed by atoms with E-state index in [2.05, 4.69) is 15.3 Å². The van der Waals surface area contributed by atoms with Gasteiger partial charge in [0.2, 0.25) is 0 Å². The number of carbonyl (C=O) groups is 1. The van der Waals surface area contributed by atoms with Crippen LogP contribution in [0, 0.1) is 0 Å². The predicted octanol–water partition coefficient (Wildman–Crippen LogP) is 1.13. The molecule has 3 rings (SSSR count). The number of nitrogens with one attached hydrogen (secondary N) is 1. The molecule has 0 aliphatic carbocycles. The maximum Gasteiger partial charge on any atom is 0.409 e. The van der Waals surface area contributed by atoms with Gasteiger partial charge in [-0.05, 0) is 26.2 Å². The van der Waals surface area contributed by atoms with Gasteiger partial charge in [0.1, 0.15) is 18.0 Å². The van der Waals surface area contributed by atoms with Crippen molar-refractivity contribution in [3.63, 3.8) is 0 Å². The molecule has 150 valence electrons. The van der Waals surface area contributed by atoms with Crippen molar-refractivity contribution in [3.8, 4) is 0 Å². The van der Waals surface area contributed by atoms with Crippen molar-refractivity contribution in [2.75, 3.05) is 48.5 Å². The Balaban J connectivity index is 1.56. The van der Waals surface area contributed by atoms with Crippen molar-refractivity contribution in [2.45, 2.75) is 38.3 Å². The fourth-order valence-electron chi connectivity index (χ4n) is 3.52. The Bertz CT molecular complexity index is 764. The fourth-order valence-corrected chi connectivity index (χ4v) is 5.29. The first kappa shape index (κ1) is 19.7. The molecule has 2 aliphatic rings. The number of hydrogen-bond acceptors (Lipinski definition) is 8. The zero-order chi connectivity index (χ0) is 19.4. The molecule has 1 amide bonds. The number of piperidine rings is 1. The standard InChI is InChI=1S/C17H27N5O4S/c1-3-26-17(23)22-7-4-13(5-8-22)20-15-10-16(19-12-18-15)21(2)14-6-9-27(24,25)11-14/h10,12-14H,3-9,11H2,1-2H3,(H,18,19,20). The van der Waals surface area contributed by atoms with Gasteiger partial charge in [-0.1, -0.05) is 0 Å². The van der Waals surface area contributed by atoms with Crippen LogP contribution < -0.4 is 10.2 Å². The van der Waals surface area contributed by atoms with Crippen LogP contribution in [0.1, 0.15) is 26.2 Å². The van der Waals surface area contributed by atoms with E-state index in [1.807, 2.05) is 18.0 Å². The molecular weight excluding hydrogens is 370 g/mol. The van der Waals surface area contributed by atoms with Gasteiger partial charge >= 0.3 is 6.09 Å². The maximum absolute atomic E-state index is 11.8. The second-order valence-electron chi connectivity index (χ2n) is 7.03. The number of ether oxygens (including phenoxy) is 1. The normalized spacial score (nSPS) is 22.4. The summed E-state index contributed by atoms with van der Waals surface area (Å²) in [6, 6.07) is 2.02. The van der Waals surface area contributed by atoms with E-state index in [4.69, 9.17) is 4.74 Å². The Kier molecular flexibility index (Phi) is 6.03. The Hall–Kier alpha value is -2.10. The molecule has 0 radical (unpaired) electrons. The number of nitrogens with zero attached hydrogens (tertiary/aromatic N) is 4. The summed E-state index contributed by atoms with van der Waals surface area (Å²) in [6.45, 7) is 3.48. The molecule has 2 aliphatic heterocycles. The van der Waals surface area contributed by atoms with E-state index in [0.29, 0.717) is 37.8 Å². The van der Waals surface area contributed by atoms with Crippen LogP contribution in [0.3, 0.4) is 0 Å². The van der Waals surface area contributed by atoms with Crippen LogP contribution >= 0.6 is 0 Å². The number of hydrogen-bond donors (Lipinski definition) is 1. The predicted molar refractivity (Wildman–Crippen MR) is 103 cm³/mol. The summed E-state index contributed by atoms with van der Waals surface area (Å²) in [4.78, 5) is 24.0. The lowest BCUT2D eigenvalue weighted by atomic mass is 10.1. The summed E-state index contributed by atoms with van der Waals surface area (Å²) >= 11 is 0. The smallest absolute Gasteiger partial charge is 0.409 e. The largest absolute Gasteiger partial charge is 0.450 e. The van der Waals surface area contributed by atoms with Crippen molar-refractivity contribution in [3.05, 3.63) is 12.4 Å². The molecule has 9 nitrogen and oxygen atoms in total. The number of aromatic nitrogens is 2. The van der Waals surface area contributed by atoms with Crippen LogP contribution in [0.2, 0.25) is 0 Å². The quantitative estimate of drug-likeness (QED) is 0.788. The Morgan fingerprint density at radius 2 is 2.07 bits per heavy atom. The summed E-state index contributed by atoms with van der Waals surface area (Å²) in [7, 11) is -1.07. The van der Waals surface area contributed by atoms with Crippen LogP contribution in [-0.4, -0.2) is 79.7 Å². The summed E-state index contributed by atoms with van der Waals surface area (Å²) in [5.41, 5.74) is 0. The maximum atomic E-state index is 11.8. The molecule has 1 unspecified atom stereocenters. The van der Waals surface area contributed by atoms with E-state index < -0.39 is 9.84 Å². The van der Waals surface area contributed by atoms with Crippen molar-refractivity contribution < 1.29 is 17.9 Å². The molecule has 0 saturated carbocycles. The van der Waals surface area contributed by atoms with Crippen LogP contribution in [0.25, 0.3) is 0 Å². The average molecular weight is 398 g/mol. The highest BCUT2D eigenvalue weighted by atomic mass is 32.2. The Morgan fingerprint density at radius 1 is 1.33 bits per heavy atom. The molecule has 1 aromatic rings. The van der Waals surface area contributed by atoms with Crippen molar-refractivity contribution in [1.82, 2.24) is 14.9 Å². The van der Waals surface area contributed by atoms with Crippen molar-refractivity contribution in [2.24, 2.45) is 0 Å². The van der Waals surface area contributed by atoms with Gasteiger partial charge in [0.25, 0.3) is 0 Å². The van der Waals surface area contributed by atoms with E-state index in [-0.39, 0.29) is 29.7 Å². The van der Waals surface area contributed by atoms with Crippen molar-refractivity contribution in [1.29, 1.82) is 0 Å². The monoisotopic (exact) mass is 397 g/mol. The molecule has 0 bridgehead atoms. The third-order valence-corrected chi connectivity index (χ3v) is 6.89. The highest BCUT2D eigenvalue weighted by Gasteiger charge is 2.31. The van der Waals surface area contributed by atoms with E-state index >= 15 is 0 Å². The number of carbonyl (C=O) groups excluding carboxylic acids is 1. The van der Waals surface area contributed by atoms with Gasteiger partial charge < -0.3 is 19.9 Å². The number of amides is 1. The zero-order valence-corrected chi connectivity index (χ0v) is 16.6. The highest BCUT2D eigenvalue weighted by Crippen LogP contribution is 2.23. The first-order valence-corrected chi connectivity index (χ1v) is 11.1. The van der Waals surface area contributed by atoms with Gasteiger partial charge in [-0.2, -0.15) is 0 Å². The molecule has 2 saturated heterocycles. The second-order valence-corrected chi connectivity index (χ2v) is 9.26. The van der Waals surface area contributed by atoms with E-state index in [1.54, 1.807) is 11.8 Å². The summed E-state index contributed by atoms with van der Waals surface area (Å²) in [6.07, 6.45) is 3.49. The molecule has 1 atom stereocenters. The van der Waals surface area contributed by atoms with E-state index in [0.717, 1.165) is 12.8 Å². The minimum absolute atomic E-state index is 0.0504. The number of rotatable bonds is 5. The Morgan fingerprint density at radius 3 is 2.70 bits per heavy atom. The van der Waals surface area contributed by atoms with Gasteiger partial charge in [-0.25, -0.2) is 23.2 Å². The number of sulfone groups is 1. The van der Waals surface area contributed by atoms with Gasteiger partial charge in [-0.15, -0.1) is 0 Å². The number of anilines is 2. The zero-order valence-electron chi connectivity index (χ0n) is 15.8. The lowest BCUT2D eigenvalue weighted by molar-refractivity contribution is 0.0983. The van der Waals surface area contributed by atoms with E-state index in [1.165, 1.54) is 6.33 Å². The first-order valence-electron chi connectivity index (χ1n) is 9.31. The summed E-state index contributed by atoms with van der Waals surface area (Å²) in [5, 5.41) is 3.40. The topological polar surface area (TPSA) is 105 Å². The summed E-state index contributed by atoms with van der Waals surface area (Å²) in [5.74, 6) is 1.82. The van der Waals surface area contributed by atoms with Gasteiger partial charge in [-0.3, -0.25) is 0 Å². The fraction of sp³-hybridized carbons (Fsp3) is 0.706. The second kappa shape index (κ2) is 8.28. The molecule has 27 heavy (non-hydrogen) atoms. The molecule has 1 aromatic heterocycles. The molecule has 0 aromatic carbocycles. The lowest BCUT2D eigenvalue weighted by Gasteiger charge is -2.32. The number of likely N-dealkylation sites (tertiary alicyclic amines) is 1. The SMILES string of the molecule is CCOC(=O)N1CCC(Nc2cc(N(C)C3CCS(=O)(=O)C3)ncn2)CC1. The molecule has 2 fully saturated rings. The highest BCUT2D eigenvalue weighted by molar-refractivity contribution is 7.91. The average Bonchev–Trinajstić information content (AvgIpc) is 3.02. The van der Waals surface area contributed by atoms with Gasteiger partial charge in [0.15, 0.2) is 9.84 Å². The molecule has 10 heteroatoms. The molecule has 3 heterocycles. The van der Waals surface area contributed by atoms with E-state index in [9.17, 15) is 13.2 Å². The van der Waals surface area contributed by atoms with Crippen LogP contribution in [0.5, 0.6) is 0 Å². The first-order chi connectivity index (χ1) is 12.9. The molecule has 0 spiro atoms. The van der Waals surface area contributed by atoms with Crippen LogP contribution in [-0.2, 0) is 14.6 Å². The minimum atomic E-state index is -2.94. The Labute approximate surface area is 160 Å². The lowest BCUT2D eigenvalue weighted by Crippen LogP contribution is -2.42. The van der Waals surface area contributed by atoms with Gasteiger partial charge in [0.05, 0.1) is 18.1 Å². The van der Waals surface area contributed by atoms with Crippen molar-refractivity contribution >= 4 is 27.6 Å².